The van der Waals surface area contributed by atoms with Crippen molar-refractivity contribution in [3.63, 3.8) is 0 Å². The molecule has 0 saturated heterocycles. The lowest BCUT2D eigenvalue weighted by Crippen LogP contribution is -2.02. The monoisotopic (exact) mass is 375 g/mol. The molecule has 2 aromatic carbocycles. The molecule has 2 heterocycles. The lowest BCUT2D eigenvalue weighted by atomic mass is 10.0. The standard InChI is InChI=1S/C21H18FN5O/c1-3-28-18-11-14(13-5-4-6-15(22)9-13)10-16-19(18)26-21(27-20(16)23-2)17-7-8-24-12-25-17/h4-12H,3H2,1-2H3,(H,23,26,27). The molecule has 0 fully saturated rings. The fourth-order valence-electron chi connectivity index (χ4n) is 3.03. The van der Waals surface area contributed by atoms with Crippen LogP contribution in [0, 0.1) is 5.82 Å². The number of benzene rings is 2. The number of fused-ring (bicyclic) bond motifs is 1. The molecule has 28 heavy (non-hydrogen) atoms. The van der Waals surface area contributed by atoms with E-state index in [1.54, 1.807) is 25.4 Å². The van der Waals surface area contributed by atoms with Crippen molar-refractivity contribution < 1.29 is 9.13 Å². The Labute approximate surface area is 161 Å². The van der Waals surface area contributed by atoms with E-state index < -0.39 is 0 Å². The van der Waals surface area contributed by atoms with Crippen LogP contribution >= 0.6 is 0 Å². The van der Waals surface area contributed by atoms with Gasteiger partial charge < -0.3 is 10.1 Å². The predicted octanol–water partition coefficient (Wildman–Crippen LogP) is 4.33. The second kappa shape index (κ2) is 7.56. The van der Waals surface area contributed by atoms with Gasteiger partial charge in [0.1, 0.15) is 34.9 Å². The van der Waals surface area contributed by atoms with E-state index in [2.05, 4.69) is 25.3 Å². The average molecular weight is 375 g/mol. The number of halogens is 1. The summed E-state index contributed by atoms with van der Waals surface area (Å²) in [6.07, 6.45) is 3.10. The Balaban J connectivity index is 1.98. The average Bonchev–Trinajstić information content (AvgIpc) is 2.73. The lowest BCUT2D eigenvalue weighted by molar-refractivity contribution is 0.344. The highest BCUT2D eigenvalue weighted by Gasteiger charge is 2.16. The van der Waals surface area contributed by atoms with Gasteiger partial charge in [-0.05, 0) is 48.4 Å². The Bertz CT molecular complexity index is 1130. The fraction of sp³-hybridized carbons (Fsp3) is 0.143. The molecule has 0 aliphatic rings. The maximum absolute atomic E-state index is 13.7. The van der Waals surface area contributed by atoms with Crippen LogP contribution in [0.2, 0.25) is 0 Å². The Morgan fingerprint density at radius 2 is 1.96 bits per heavy atom. The van der Waals surface area contributed by atoms with Crippen LogP contribution in [0.1, 0.15) is 6.92 Å². The smallest absolute Gasteiger partial charge is 0.181 e. The number of aromatic nitrogens is 4. The van der Waals surface area contributed by atoms with Gasteiger partial charge in [0.25, 0.3) is 0 Å². The number of rotatable bonds is 5. The van der Waals surface area contributed by atoms with E-state index in [0.29, 0.717) is 35.2 Å². The summed E-state index contributed by atoms with van der Waals surface area (Å²) in [5.74, 6) is 1.42. The molecule has 0 aliphatic heterocycles. The third-order valence-corrected chi connectivity index (χ3v) is 4.27. The molecule has 0 radical (unpaired) electrons. The van der Waals surface area contributed by atoms with Gasteiger partial charge in [0.2, 0.25) is 0 Å². The highest BCUT2D eigenvalue weighted by Crippen LogP contribution is 2.35. The summed E-state index contributed by atoms with van der Waals surface area (Å²) in [5.41, 5.74) is 2.86. The molecule has 6 nitrogen and oxygen atoms in total. The van der Waals surface area contributed by atoms with Crippen molar-refractivity contribution in [1.82, 2.24) is 19.9 Å². The summed E-state index contributed by atoms with van der Waals surface area (Å²) in [6, 6.07) is 12.0. The third kappa shape index (κ3) is 3.34. The van der Waals surface area contributed by atoms with E-state index in [0.717, 1.165) is 16.5 Å². The van der Waals surface area contributed by atoms with Gasteiger partial charge >= 0.3 is 0 Å². The first-order chi connectivity index (χ1) is 13.7. The van der Waals surface area contributed by atoms with Gasteiger partial charge in [0.15, 0.2) is 5.82 Å². The second-order valence-corrected chi connectivity index (χ2v) is 6.05. The molecular formula is C21H18FN5O. The number of nitrogens with one attached hydrogen (secondary N) is 1. The van der Waals surface area contributed by atoms with Gasteiger partial charge in [-0.2, -0.15) is 0 Å². The summed E-state index contributed by atoms with van der Waals surface area (Å²) in [4.78, 5) is 17.5. The summed E-state index contributed by atoms with van der Waals surface area (Å²) < 4.78 is 19.6. The quantitative estimate of drug-likeness (QED) is 0.560. The molecule has 0 atom stereocenters. The van der Waals surface area contributed by atoms with Crippen LogP contribution in [0.25, 0.3) is 33.5 Å². The van der Waals surface area contributed by atoms with E-state index >= 15 is 0 Å². The van der Waals surface area contributed by atoms with Crippen LogP contribution in [-0.2, 0) is 0 Å². The molecule has 0 spiro atoms. The van der Waals surface area contributed by atoms with Crippen molar-refractivity contribution in [2.24, 2.45) is 0 Å². The lowest BCUT2D eigenvalue weighted by Gasteiger charge is -2.14. The van der Waals surface area contributed by atoms with Crippen LogP contribution in [-0.4, -0.2) is 33.6 Å². The van der Waals surface area contributed by atoms with E-state index in [-0.39, 0.29) is 5.82 Å². The molecular weight excluding hydrogens is 357 g/mol. The van der Waals surface area contributed by atoms with Crippen LogP contribution in [0.4, 0.5) is 10.2 Å². The minimum Gasteiger partial charge on any atom is -0.492 e. The van der Waals surface area contributed by atoms with Gasteiger partial charge in [-0.25, -0.2) is 24.3 Å². The molecule has 0 aliphatic carbocycles. The largest absolute Gasteiger partial charge is 0.492 e. The molecule has 140 valence electrons. The van der Waals surface area contributed by atoms with Gasteiger partial charge in [0.05, 0.1) is 6.61 Å². The van der Waals surface area contributed by atoms with Crippen molar-refractivity contribution in [1.29, 1.82) is 0 Å². The van der Waals surface area contributed by atoms with E-state index in [1.807, 2.05) is 25.1 Å². The van der Waals surface area contributed by atoms with E-state index in [1.165, 1.54) is 18.5 Å². The van der Waals surface area contributed by atoms with Gasteiger partial charge in [-0.1, -0.05) is 12.1 Å². The number of nitrogens with zero attached hydrogens (tertiary/aromatic N) is 4. The molecule has 2 aromatic heterocycles. The second-order valence-electron chi connectivity index (χ2n) is 6.05. The van der Waals surface area contributed by atoms with Crippen molar-refractivity contribution in [3.05, 3.63) is 60.8 Å². The van der Waals surface area contributed by atoms with Crippen LogP contribution < -0.4 is 10.1 Å². The Kier molecular flexibility index (Phi) is 4.80. The molecule has 0 saturated carbocycles. The zero-order chi connectivity index (χ0) is 19.5. The number of hydrogen-bond donors (Lipinski definition) is 1. The molecule has 4 rings (SSSR count). The van der Waals surface area contributed by atoms with Crippen LogP contribution in [0.5, 0.6) is 5.75 Å². The van der Waals surface area contributed by atoms with E-state index in [4.69, 9.17) is 4.74 Å². The number of anilines is 1. The zero-order valence-electron chi connectivity index (χ0n) is 15.5. The molecule has 0 bridgehead atoms. The maximum atomic E-state index is 13.7. The summed E-state index contributed by atoms with van der Waals surface area (Å²) >= 11 is 0. The molecule has 0 unspecified atom stereocenters. The summed E-state index contributed by atoms with van der Waals surface area (Å²) in [6.45, 7) is 2.38. The Morgan fingerprint density at radius 3 is 2.68 bits per heavy atom. The number of ether oxygens (including phenoxy) is 1. The predicted molar refractivity (Wildman–Crippen MR) is 107 cm³/mol. The van der Waals surface area contributed by atoms with Crippen molar-refractivity contribution in [2.75, 3.05) is 19.0 Å². The first kappa shape index (κ1) is 17.8. The molecule has 0 amide bonds. The van der Waals surface area contributed by atoms with Crippen molar-refractivity contribution in [3.8, 4) is 28.4 Å². The Morgan fingerprint density at radius 1 is 1.07 bits per heavy atom. The van der Waals surface area contributed by atoms with Crippen LogP contribution in [0.15, 0.2) is 55.0 Å². The summed E-state index contributed by atoms with van der Waals surface area (Å²) in [5, 5.41) is 3.90. The minimum atomic E-state index is -0.292. The highest BCUT2D eigenvalue weighted by molar-refractivity contribution is 5.97. The first-order valence-electron chi connectivity index (χ1n) is 8.88. The van der Waals surface area contributed by atoms with Gasteiger partial charge in [-0.15, -0.1) is 0 Å². The fourth-order valence-corrected chi connectivity index (χ4v) is 3.03. The van der Waals surface area contributed by atoms with Crippen LogP contribution in [0.3, 0.4) is 0 Å². The highest BCUT2D eigenvalue weighted by atomic mass is 19.1. The van der Waals surface area contributed by atoms with Crippen molar-refractivity contribution in [2.45, 2.75) is 6.92 Å². The van der Waals surface area contributed by atoms with Gasteiger partial charge in [-0.3, -0.25) is 0 Å². The molecule has 4 aromatic rings. The number of hydrogen-bond acceptors (Lipinski definition) is 6. The SMILES string of the molecule is CCOc1cc(-c2cccc(F)c2)cc2c(NC)nc(-c3ccncn3)nc12. The topological polar surface area (TPSA) is 72.8 Å². The molecule has 7 heteroatoms. The van der Waals surface area contributed by atoms with E-state index in [9.17, 15) is 4.39 Å². The van der Waals surface area contributed by atoms with Crippen molar-refractivity contribution >= 4 is 16.7 Å². The third-order valence-electron chi connectivity index (χ3n) is 4.27. The normalized spacial score (nSPS) is 10.8. The Hall–Kier alpha value is -3.61. The van der Waals surface area contributed by atoms with Gasteiger partial charge in [0, 0.05) is 18.6 Å². The zero-order valence-corrected chi connectivity index (χ0v) is 15.5. The summed E-state index contributed by atoms with van der Waals surface area (Å²) in [7, 11) is 1.79. The molecule has 1 N–H and O–H groups in total. The minimum absolute atomic E-state index is 0.292. The first-order valence-corrected chi connectivity index (χ1v) is 8.88. The maximum Gasteiger partial charge on any atom is 0.181 e.